The van der Waals surface area contributed by atoms with E-state index in [1.165, 1.54) is 6.07 Å². The number of rotatable bonds is 4. The van der Waals surface area contributed by atoms with Crippen LogP contribution in [0.1, 0.15) is 24.7 Å². The highest BCUT2D eigenvalue weighted by Crippen LogP contribution is 2.26. The predicted molar refractivity (Wildman–Crippen MR) is 80.5 cm³/mol. The fraction of sp³-hybridized carbons (Fsp3) is 0.286. The lowest BCUT2D eigenvalue weighted by Crippen LogP contribution is -2.04. The van der Waals surface area contributed by atoms with Crippen molar-refractivity contribution in [3.05, 3.63) is 45.6 Å². The van der Waals surface area contributed by atoms with Crippen molar-refractivity contribution in [2.45, 2.75) is 26.7 Å². The molecule has 0 atom stereocenters. The SMILES string of the molecule is CCCc1nc(Cl)c(C)c(Nc2ccc(Cl)cc2F)n1. The first-order chi connectivity index (χ1) is 9.51. The highest BCUT2D eigenvalue weighted by molar-refractivity contribution is 6.31. The Hall–Kier alpha value is -1.39. The van der Waals surface area contributed by atoms with Crippen LogP contribution in [0.25, 0.3) is 0 Å². The van der Waals surface area contributed by atoms with E-state index in [1.54, 1.807) is 19.1 Å². The molecule has 1 aromatic carbocycles. The van der Waals surface area contributed by atoms with Crippen LogP contribution in [0.2, 0.25) is 10.2 Å². The van der Waals surface area contributed by atoms with Crippen molar-refractivity contribution in [1.82, 2.24) is 9.97 Å². The molecule has 0 spiro atoms. The summed E-state index contributed by atoms with van der Waals surface area (Å²) in [6.45, 7) is 3.82. The fourth-order valence-electron chi connectivity index (χ4n) is 1.71. The van der Waals surface area contributed by atoms with Gasteiger partial charge in [-0.25, -0.2) is 14.4 Å². The maximum absolute atomic E-state index is 13.8. The van der Waals surface area contributed by atoms with E-state index >= 15 is 0 Å². The summed E-state index contributed by atoms with van der Waals surface area (Å²) < 4.78 is 13.8. The Kier molecular flexibility index (Phi) is 4.78. The van der Waals surface area contributed by atoms with Gasteiger partial charge in [0, 0.05) is 17.0 Å². The van der Waals surface area contributed by atoms with Crippen molar-refractivity contribution in [1.29, 1.82) is 0 Å². The number of benzene rings is 1. The summed E-state index contributed by atoms with van der Waals surface area (Å²) in [5, 5.41) is 3.66. The molecule has 2 aromatic rings. The standard InChI is InChI=1S/C14H14Cl2FN3/c1-3-4-12-19-13(16)8(2)14(20-12)18-11-6-5-9(15)7-10(11)17/h5-7H,3-4H2,1-2H3,(H,18,19,20). The Balaban J connectivity index is 2.37. The monoisotopic (exact) mass is 313 g/mol. The minimum atomic E-state index is -0.441. The van der Waals surface area contributed by atoms with Gasteiger partial charge in [-0.15, -0.1) is 0 Å². The summed E-state index contributed by atoms with van der Waals surface area (Å²) >= 11 is 11.8. The van der Waals surface area contributed by atoms with Gasteiger partial charge < -0.3 is 5.32 Å². The molecule has 0 aliphatic carbocycles. The first-order valence-electron chi connectivity index (χ1n) is 6.26. The number of hydrogen-bond donors (Lipinski definition) is 1. The van der Waals surface area contributed by atoms with Crippen molar-refractivity contribution in [3.63, 3.8) is 0 Å². The molecule has 0 fully saturated rings. The Morgan fingerprint density at radius 3 is 2.65 bits per heavy atom. The third kappa shape index (κ3) is 3.38. The summed E-state index contributed by atoms with van der Waals surface area (Å²) in [5.74, 6) is 0.707. The van der Waals surface area contributed by atoms with Crippen LogP contribution < -0.4 is 5.32 Å². The molecule has 1 N–H and O–H groups in total. The van der Waals surface area contributed by atoms with Gasteiger partial charge in [0.2, 0.25) is 0 Å². The lowest BCUT2D eigenvalue weighted by molar-refractivity contribution is 0.632. The van der Waals surface area contributed by atoms with Crippen molar-refractivity contribution in [2.75, 3.05) is 5.32 Å². The third-order valence-corrected chi connectivity index (χ3v) is 3.39. The molecule has 1 heterocycles. The lowest BCUT2D eigenvalue weighted by atomic mass is 10.2. The topological polar surface area (TPSA) is 37.8 Å². The normalized spacial score (nSPS) is 10.7. The number of aryl methyl sites for hydroxylation is 1. The summed E-state index contributed by atoms with van der Waals surface area (Å²) in [6, 6.07) is 4.42. The van der Waals surface area contributed by atoms with Gasteiger partial charge in [0.15, 0.2) is 0 Å². The van der Waals surface area contributed by atoms with Crippen LogP contribution in [-0.2, 0) is 6.42 Å². The number of nitrogens with one attached hydrogen (secondary N) is 1. The highest BCUT2D eigenvalue weighted by atomic mass is 35.5. The highest BCUT2D eigenvalue weighted by Gasteiger charge is 2.11. The molecule has 0 bridgehead atoms. The Morgan fingerprint density at radius 1 is 1.25 bits per heavy atom. The van der Waals surface area contributed by atoms with Crippen LogP contribution in [-0.4, -0.2) is 9.97 Å². The van der Waals surface area contributed by atoms with Crippen molar-refractivity contribution in [2.24, 2.45) is 0 Å². The average Bonchev–Trinajstić information content (AvgIpc) is 2.39. The molecule has 0 saturated carbocycles. The van der Waals surface area contributed by atoms with E-state index in [1.807, 2.05) is 6.92 Å². The van der Waals surface area contributed by atoms with Crippen LogP contribution in [0.4, 0.5) is 15.9 Å². The summed E-state index contributed by atoms with van der Waals surface area (Å²) in [7, 11) is 0. The van der Waals surface area contributed by atoms with Gasteiger partial charge in [0.1, 0.15) is 22.6 Å². The van der Waals surface area contributed by atoms with Crippen molar-refractivity contribution < 1.29 is 4.39 Å². The lowest BCUT2D eigenvalue weighted by Gasteiger charge is -2.12. The molecular weight excluding hydrogens is 300 g/mol. The van der Waals surface area contributed by atoms with Gasteiger partial charge in [0.25, 0.3) is 0 Å². The number of nitrogens with zero attached hydrogens (tertiary/aromatic N) is 2. The molecule has 3 nitrogen and oxygen atoms in total. The number of aromatic nitrogens is 2. The Labute approximate surface area is 127 Å². The number of halogens is 3. The van der Waals surface area contributed by atoms with Gasteiger partial charge in [-0.2, -0.15) is 0 Å². The van der Waals surface area contributed by atoms with E-state index in [9.17, 15) is 4.39 Å². The molecule has 0 saturated heterocycles. The van der Waals surface area contributed by atoms with E-state index in [4.69, 9.17) is 23.2 Å². The van der Waals surface area contributed by atoms with E-state index in [-0.39, 0.29) is 0 Å². The largest absolute Gasteiger partial charge is 0.337 e. The zero-order chi connectivity index (χ0) is 14.7. The molecule has 106 valence electrons. The predicted octanol–water partition coefficient (Wildman–Crippen LogP) is 4.93. The van der Waals surface area contributed by atoms with Crippen molar-refractivity contribution >= 4 is 34.7 Å². The second-order valence-electron chi connectivity index (χ2n) is 4.40. The quantitative estimate of drug-likeness (QED) is 0.813. The van der Waals surface area contributed by atoms with Crippen LogP contribution in [0.5, 0.6) is 0 Å². The average molecular weight is 314 g/mol. The Morgan fingerprint density at radius 2 is 2.00 bits per heavy atom. The molecule has 0 unspecified atom stereocenters. The van der Waals surface area contributed by atoms with E-state index < -0.39 is 5.82 Å². The van der Waals surface area contributed by atoms with Gasteiger partial charge in [-0.05, 0) is 31.5 Å². The second-order valence-corrected chi connectivity index (χ2v) is 5.20. The van der Waals surface area contributed by atoms with E-state index in [2.05, 4.69) is 15.3 Å². The second kappa shape index (κ2) is 6.37. The van der Waals surface area contributed by atoms with Gasteiger partial charge in [-0.3, -0.25) is 0 Å². The molecule has 0 aliphatic heterocycles. The summed E-state index contributed by atoms with van der Waals surface area (Å²) in [5.41, 5.74) is 0.982. The minimum absolute atomic E-state index is 0.301. The fourth-order valence-corrected chi connectivity index (χ4v) is 2.05. The molecular formula is C14H14Cl2FN3. The molecule has 0 radical (unpaired) electrons. The van der Waals surface area contributed by atoms with E-state index in [0.29, 0.717) is 33.1 Å². The third-order valence-electron chi connectivity index (χ3n) is 2.79. The molecule has 20 heavy (non-hydrogen) atoms. The van der Waals surface area contributed by atoms with Gasteiger partial charge >= 0.3 is 0 Å². The van der Waals surface area contributed by atoms with Crippen LogP contribution in [0, 0.1) is 12.7 Å². The molecule has 2 rings (SSSR count). The first-order valence-corrected chi connectivity index (χ1v) is 7.02. The number of hydrogen-bond acceptors (Lipinski definition) is 3. The molecule has 0 aliphatic rings. The van der Waals surface area contributed by atoms with Gasteiger partial charge in [0.05, 0.1) is 5.69 Å². The summed E-state index contributed by atoms with van der Waals surface area (Å²) in [6.07, 6.45) is 1.63. The Bertz CT molecular complexity index is 632. The summed E-state index contributed by atoms with van der Waals surface area (Å²) in [4.78, 5) is 8.58. The van der Waals surface area contributed by atoms with Crippen LogP contribution in [0.15, 0.2) is 18.2 Å². The molecule has 1 aromatic heterocycles. The number of anilines is 2. The van der Waals surface area contributed by atoms with Crippen LogP contribution >= 0.6 is 23.2 Å². The zero-order valence-corrected chi connectivity index (χ0v) is 12.7. The zero-order valence-electron chi connectivity index (χ0n) is 11.2. The van der Waals surface area contributed by atoms with Crippen LogP contribution in [0.3, 0.4) is 0 Å². The maximum Gasteiger partial charge on any atom is 0.148 e. The molecule has 0 amide bonds. The van der Waals surface area contributed by atoms with Crippen molar-refractivity contribution in [3.8, 4) is 0 Å². The first kappa shape index (κ1) is 15.0. The maximum atomic E-state index is 13.8. The minimum Gasteiger partial charge on any atom is -0.337 e. The smallest absolute Gasteiger partial charge is 0.148 e. The van der Waals surface area contributed by atoms with E-state index in [0.717, 1.165) is 12.8 Å². The van der Waals surface area contributed by atoms with Gasteiger partial charge in [-0.1, -0.05) is 30.1 Å². The molecule has 6 heteroatoms.